The maximum absolute atomic E-state index is 6.65. The van der Waals surface area contributed by atoms with Crippen LogP contribution in [0.3, 0.4) is 0 Å². The Balaban J connectivity index is 1.51. The predicted octanol–water partition coefficient (Wildman–Crippen LogP) is 3.68. The van der Waals surface area contributed by atoms with Crippen molar-refractivity contribution in [2.45, 2.75) is 115 Å². The first-order valence-electron chi connectivity index (χ1n) is 11.2. The number of hydrogen-bond acceptors (Lipinski definition) is 4. The van der Waals surface area contributed by atoms with Gasteiger partial charge in [-0.2, -0.15) is 0 Å². The third kappa shape index (κ3) is 3.47. The Kier molecular flexibility index (Phi) is 5.42. The lowest BCUT2D eigenvalue weighted by Gasteiger charge is -2.44. The van der Waals surface area contributed by atoms with Crippen LogP contribution in [0.5, 0.6) is 0 Å². The maximum Gasteiger partial charge on any atom is 0.0888 e. The molecule has 3 heterocycles. The minimum absolute atomic E-state index is 0.304. The van der Waals surface area contributed by atoms with Crippen LogP contribution in [-0.2, 0) is 9.47 Å². The molecular formula is C22H40N2O2. The van der Waals surface area contributed by atoms with Gasteiger partial charge in [-0.1, -0.05) is 0 Å². The van der Waals surface area contributed by atoms with E-state index in [1.54, 1.807) is 0 Å². The standard InChI is InChI=1S/C22H40N2O2/c1-15(2)25-17(5)19-12-18-13-20(18)24(19)14-21(26-16(3)4)22-8-6-10-23(22)11-7-9-22/h15-21H,6-14H2,1-5H3/t17-,18+,19-,20-,21?/m0/s1. The van der Waals surface area contributed by atoms with E-state index < -0.39 is 0 Å². The van der Waals surface area contributed by atoms with Crippen molar-refractivity contribution in [1.82, 2.24) is 9.80 Å². The highest BCUT2D eigenvalue weighted by atomic mass is 16.5. The van der Waals surface area contributed by atoms with Crippen LogP contribution in [0.25, 0.3) is 0 Å². The van der Waals surface area contributed by atoms with E-state index in [-0.39, 0.29) is 0 Å². The molecule has 1 unspecified atom stereocenters. The fourth-order valence-electron chi connectivity index (χ4n) is 6.37. The summed E-state index contributed by atoms with van der Waals surface area (Å²) in [6.07, 6.45) is 9.36. The highest BCUT2D eigenvalue weighted by Crippen LogP contribution is 2.51. The highest BCUT2D eigenvalue weighted by Gasteiger charge is 2.57. The Hall–Kier alpha value is -0.160. The van der Waals surface area contributed by atoms with Crippen LogP contribution in [0.4, 0.5) is 0 Å². The van der Waals surface area contributed by atoms with Gasteiger partial charge in [-0.3, -0.25) is 9.80 Å². The summed E-state index contributed by atoms with van der Waals surface area (Å²) in [7, 11) is 0. The smallest absolute Gasteiger partial charge is 0.0888 e. The lowest BCUT2D eigenvalue weighted by molar-refractivity contribution is -0.0987. The van der Waals surface area contributed by atoms with Gasteiger partial charge < -0.3 is 9.47 Å². The zero-order chi connectivity index (χ0) is 18.5. The van der Waals surface area contributed by atoms with E-state index in [1.165, 1.54) is 51.6 Å². The van der Waals surface area contributed by atoms with Crippen LogP contribution < -0.4 is 0 Å². The molecule has 150 valence electrons. The summed E-state index contributed by atoms with van der Waals surface area (Å²) in [4.78, 5) is 5.57. The first kappa shape index (κ1) is 19.2. The Morgan fingerprint density at radius 1 is 0.923 bits per heavy atom. The second kappa shape index (κ2) is 7.35. The summed E-state index contributed by atoms with van der Waals surface area (Å²) < 4.78 is 12.9. The van der Waals surface area contributed by atoms with Crippen LogP contribution in [0.15, 0.2) is 0 Å². The van der Waals surface area contributed by atoms with Gasteiger partial charge in [-0.05, 0) is 92.2 Å². The van der Waals surface area contributed by atoms with Crippen molar-refractivity contribution in [3.05, 3.63) is 0 Å². The van der Waals surface area contributed by atoms with Gasteiger partial charge in [0.25, 0.3) is 0 Å². The van der Waals surface area contributed by atoms with Gasteiger partial charge in [0.1, 0.15) is 0 Å². The van der Waals surface area contributed by atoms with E-state index in [0.29, 0.717) is 36.0 Å². The van der Waals surface area contributed by atoms with Crippen molar-refractivity contribution in [1.29, 1.82) is 0 Å². The van der Waals surface area contributed by atoms with Crippen LogP contribution in [0.1, 0.15) is 73.1 Å². The van der Waals surface area contributed by atoms with E-state index in [1.807, 2.05) is 0 Å². The summed E-state index contributed by atoms with van der Waals surface area (Å²) in [5, 5.41) is 0. The zero-order valence-corrected chi connectivity index (χ0v) is 17.6. The van der Waals surface area contributed by atoms with Gasteiger partial charge in [0.15, 0.2) is 0 Å². The summed E-state index contributed by atoms with van der Waals surface area (Å²) >= 11 is 0. The number of rotatable bonds is 8. The maximum atomic E-state index is 6.65. The summed E-state index contributed by atoms with van der Waals surface area (Å²) in [5.41, 5.74) is 0.309. The molecular weight excluding hydrogens is 324 g/mol. The summed E-state index contributed by atoms with van der Waals surface area (Å²) in [6, 6.07) is 1.37. The number of nitrogens with zero attached hydrogens (tertiary/aromatic N) is 2. The molecule has 3 aliphatic heterocycles. The molecule has 4 nitrogen and oxygen atoms in total. The highest BCUT2D eigenvalue weighted by molar-refractivity contribution is 5.11. The SMILES string of the molecule is CC(C)OC(CN1[C@H]2C[C@H]2C[C@H]1[C@H](C)OC(C)C)C12CCCN1CCC2. The zero-order valence-electron chi connectivity index (χ0n) is 17.6. The topological polar surface area (TPSA) is 24.9 Å². The third-order valence-corrected chi connectivity index (χ3v) is 7.43. The van der Waals surface area contributed by atoms with Crippen molar-refractivity contribution >= 4 is 0 Å². The van der Waals surface area contributed by atoms with E-state index in [0.717, 1.165) is 18.5 Å². The van der Waals surface area contributed by atoms with E-state index in [2.05, 4.69) is 44.4 Å². The van der Waals surface area contributed by atoms with E-state index in [4.69, 9.17) is 9.47 Å². The molecule has 0 radical (unpaired) electrons. The molecule has 4 aliphatic rings. The predicted molar refractivity (Wildman–Crippen MR) is 105 cm³/mol. The molecule has 0 aromatic rings. The van der Waals surface area contributed by atoms with Crippen LogP contribution in [0.2, 0.25) is 0 Å². The Bertz CT molecular complexity index is 485. The normalized spacial score (nSPS) is 35.9. The first-order chi connectivity index (χ1) is 12.4. The number of likely N-dealkylation sites (tertiary alicyclic amines) is 1. The molecule has 3 saturated heterocycles. The number of fused-ring (bicyclic) bond motifs is 2. The van der Waals surface area contributed by atoms with Gasteiger partial charge in [0.2, 0.25) is 0 Å². The van der Waals surface area contributed by atoms with E-state index in [9.17, 15) is 0 Å². The van der Waals surface area contributed by atoms with Crippen LogP contribution in [-0.4, -0.2) is 71.5 Å². The molecule has 0 spiro atoms. The van der Waals surface area contributed by atoms with Gasteiger partial charge in [0.05, 0.1) is 24.4 Å². The van der Waals surface area contributed by atoms with Crippen LogP contribution in [0, 0.1) is 5.92 Å². The second-order valence-electron chi connectivity index (χ2n) is 9.92. The quantitative estimate of drug-likeness (QED) is 0.656. The molecule has 26 heavy (non-hydrogen) atoms. The lowest BCUT2D eigenvalue weighted by Crippen LogP contribution is -2.57. The minimum atomic E-state index is 0.304. The molecule has 1 saturated carbocycles. The summed E-state index contributed by atoms with van der Waals surface area (Å²) in [6.45, 7) is 14.7. The second-order valence-corrected chi connectivity index (χ2v) is 9.92. The first-order valence-corrected chi connectivity index (χ1v) is 11.2. The van der Waals surface area contributed by atoms with Gasteiger partial charge in [-0.15, -0.1) is 0 Å². The molecule has 0 amide bonds. The number of piperidine rings is 1. The average Bonchev–Trinajstić information content (AvgIpc) is 2.89. The fraction of sp³-hybridized carbons (Fsp3) is 1.00. The third-order valence-electron chi connectivity index (χ3n) is 7.43. The molecule has 4 heteroatoms. The molecule has 0 N–H and O–H groups in total. The summed E-state index contributed by atoms with van der Waals surface area (Å²) in [5.74, 6) is 0.915. The Morgan fingerprint density at radius 2 is 1.58 bits per heavy atom. The minimum Gasteiger partial charge on any atom is -0.374 e. The molecule has 0 aromatic heterocycles. The van der Waals surface area contributed by atoms with Crippen molar-refractivity contribution in [2.75, 3.05) is 19.6 Å². The van der Waals surface area contributed by atoms with Gasteiger partial charge in [0, 0.05) is 24.2 Å². The molecule has 5 atom stereocenters. The van der Waals surface area contributed by atoms with Crippen molar-refractivity contribution in [2.24, 2.45) is 5.92 Å². The monoisotopic (exact) mass is 364 g/mol. The van der Waals surface area contributed by atoms with Crippen molar-refractivity contribution in [3.63, 3.8) is 0 Å². The van der Waals surface area contributed by atoms with Crippen LogP contribution >= 0.6 is 0 Å². The molecule has 1 aliphatic carbocycles. The molecule has 0 aromatic carbocycles. The number of hydrogen-bond donors (Lipinski definition) is 0. The van der Waals surface area contributed by atoms with Crippen molar-refractivity contribution in [3.8, 4) is 0 Å². The van der Waals surface area contributed by atoms with Gasteiger partial charge >= 0.3 is 0 Å². The van der Waals surface area contributed by atoms with E-state index >= 15 is 0 Å². The number of ether oxygens (including phenoxy) is 2. The Labute approximate surface area is 160 Å². The lowest BCUT2D eigenvalue weighted by atomic mass is 9.86. The largest absolute Gasteiger partial charge is 0.374 e. The van der Waals surface area contributed by atoms with Gasteiger partial charge in [-0.25, -0.2) is 0 Å². The van der Waals surface area contributed by atoms with Crippen molar-refractivity contribution < 1.29 is 9.47 Å². The molecule has 4 fully saturated rings. The molecule has 0 bridgehead atoms. The Morgan fingerprint density at radius 3 is 2.19 bits per heavy atom. The fourth-order valence-corrected chi connectivity index (χ4v) is 6.37. The average molecular weight is 365 g/mol. The molecule has 4 rings (SSSR count).